The van der Waals surface area contributed by atoms with Crippen molar-refractivity contribution in [2.75, 3.05) is 24.6 Å². The van der Waals surface area contributed by atoms with Crippen LogP contribution in [-0.4, -0.2) is 31.8 Å². The molecule has 0 aliphatic carbocycles. The minimum Gasteiger partial charge on any atom is -0.463 e. The summed E-state index contributed by atoms with van der Waals surface area (Å²) in [7, 11) is 0. The Morgan fingerprint density at radius 3 is 2.84 bits per heavy atom. The fraction of sp³-hybridized carbons (Fsp3) is 0.533. The van der Waals surface area contributed by atoms with Crippen molar-refractivity contribution in [3.05, 3.63) is 29.8 Å². The number of anilines is 1. The average molecular weight is 261 g/mol. The van der Waals surface area contributed by atoms with Crippen LogP contribution in [-0.2, 0) is 4.74 Å². The highest BCUT2D eigenvalue weighted by atomic mass is 16.5. The van der Waals surface area contributed by atoms with E-state index in [0.29, 0.717) is 18.5 Å². The number of hydrogen-bond donors (Lipinski definition) is 1. The van der Waals surface area contributed by atoms with Gasteiger partial charge in [-0.1, -0.05) is 26.0 Å². The molecule has 1 aromatic carbocycles. The zero-order chi connectivity index (χ0) is 13.8. The van der Waals surface area contributed by atoms with Gasteiger partial charge in [0.15, 0.2) is 0 Å². The van der Waals surface area contributed by atoms with Crippen LogP contribution in [0.15, 0.2) is 29.3 Å². The van der Waals surface area contributed by atoms with Crippen LogP contribution in [0.2, 0.25) is 0 Å². The first-order chi connectivity index (χ1) is 9.10. The highest BCUT2D eigenvalue weighted by Gasteiger charge is 2.19. The molecule has 104 valence electrons. The summed E-state index contributed by atoms with van der Waals surface area (Å²) in [5.41, 5.74) is 8.16. The number of amidine groups is 1. The first-order valence-corrected chi connectivity index (χ1v) is 6.91. The lowest BCUT2D eigenvalue weighted by Gasteiger charge is -2.25. The fourth-order valence-electron chi connectivity index (χ4n) is 2.28. The molecule has 0 spiro atoms. The van der Waals surface area contributed by atoms with E-state index in [9.17, 15) is 0 Å². The Morgan fingerprint density at radius 1 is 1.47 bits per heavy atom. The molecule has 1 heterocycles. The molecule has 0 amide bonds. The van der Waals surface area contributed by atoms with Gasteiger partial charge in [-0.2, -0.15) is 0 Å². The Kier molecular flexibility index (Phi) is 4.30. The van der Waals surface area contributed by atoms with E-state index in [-0.39, 0.29) is 6.04 Å². The van der Waals surface area contributed by atoms with Crippen molar-refractivity contribution < 1.29 is 4.74 Å². The van der Waals surface area contributed by atoms with Crippen LogP contribution in [0.5, 0.6) is 0 Å². The number of nitrogens with two attached hydrogens (primary N) is 1. The molecule has 2 N–H and O–H groups in total. The molecule has 4 nitrogen and oxygen atoms in total. The van der Waals surface area contributed by atoms with Crippen LogP contribution < -0.4 is 10.6 Å². The predicted octanol–water partition coefficient (Wildman–Crippen LogP) is 2.35. The van der Waals surface area contributed by atoms with Gasteiger partial charge < -0.3 is 15.4 Å². The van der Waals surface area contributed by atoms with Crippen LogP contribution in [0, 0.1) is 0 Å². The molecule has 0 fully saturated rings. The van der Waals surface area contributed by atoms with Gasteiger partial charge in [0.2, 0.25) is 0 Å². The van der Waals surface area contributed by atoms with Crippen molar-refractivity contribution in [3.8, 4) is 0 Å². The Bertz CT molecular complexity index is 456. The van der Waals surface area contributed by atoms with Gasteiger partial charge >= 0.3 is 0 Å². The average Bonchev–Trinajstić information content (AvgIpc) is 2.81. The number of benzene rings is 1. The third kappa shape index (κ3) is 3.40. The lowest BCUT2D eigenvalue weighted by molar-refractivity contribution is 0.313. The Hall–Kier alpha value is -1.71. The minimum atomic E-state index is 0.141. The summed E-state index contributed by atoms with van der Waals surface area (Å²) in [5.74, 6) is 0.544. The third-order valence-corrected chi connectivity index (χ3v) is 3.45. The highest BCUT2D eigenvalue weighted by Crippen LogP contribution is 2.22. The second-order valence-corrected chi connectivity index (χ2v) is 5.22. The molecule has 0 radical (unpaired) electrons. The van der Waals surface area contributed by atoms with Crippen molar-refractivity contribution in [3.63, 3.8) is 0 Å². The van der Waals surface area contributed by atoms with Crippen LogP contribution in [0.3, 0.4) is 0 Å². The number of ether oxygens (including phenoxy) is 1. The van der Waals surface area contributed by atoms with Gasteiger partial charge in [0.05, 0.1) is 0 Å². The van der Waals surface area contributed by atoms with E-state index >= 15 is 0 Å². The van der Waals surface area contributed by atoms with Gasteiger partial charge in [-0.15, -0.1) is 0 Å². The number of likely N-dealkylation sites (N-methyl/N-ethyl adjacent to an activating group) is 1. The van der Waals surface area contributed by atoms with E-state index in [1.165, 1.54) is 11.3 Å². The highest BCUT2D eigenvalue weighted by molar-refractivity contribution is 5.73. The molecule has 0 bridgehead atoms. The summed E-state index contributed by atoms with van der Waals surface area (Å²) in [5, 5.41) is 0. The Balaban J connectivity index is 2.10. The molecular formula is C15H23N3O. The molecule has 1 aliphatic rings. The molecule has 4 heteroatoms. The minimum absolute atomic E-state index is 0.141. The molecular weight excluding hydrogens is 238 g/mol. The second-order valence-electron chi connectivity index (χ2n) is 5.22. The van der Waals surface area contributed by atoms with Gasteiger partial charge in [-0.05, 0) is 30.5 Å². The largest absolute Gasteiger partial charge is 0.463 e. The fourth-order valence-corrected chi connectivity index (χ4v) is 2.28. The number of rotatable bonds is 5. The number of aliphatic imine (C=N–C) groups is 1. The van der Waals surface area contributed by atoms with Crippen LogP contribution in [0.1, 0.15) is 32.3 Å². The topological polar surface area (TPSA) is 50.9 Å². The third-order valence-electron chi connectivity index (χ3n) is 3.45. The van der Waals surface area contributed by atoms with Gasteiger partial charge in [0.1, 0.15) is 12.6 Å². The zero-order valence-corrected chi connectivity index (χ0v) is 12.0. The maximum absolute atomic E-state index is 5.55. The molecule has 0 saturated heterocycles. The molecule has 2 rings (SSSR count). The van der Waals surface area contributed by atoms with Crippen molar-refractivity contribution in [1.29, 1.82) is 0 Å². The molecule has 1 aromatic rings. The zero-order valence-electron chi connectivity index (χ0n) is 12.0. The molecule has 0 aromatic heterocycles. The first-order valence-electron chi connectivity index (χ1n) is 6.91. The number of hydrogen-bond acceptors (Lipinski definition) is 4. The predicted molar refractivity (Wildman–Crippen MR) is 79.8 cm³/mol. The maximum atomic E-state index is 5.55. The normalized spacial score (nSPS) is 18.3. The van der Waals surface area contributed by atoms with Gasteiger partial charge in [-0.3, -0.25) is 0 Å². The molecule has 0 saturated carbocycles. The van der Waals surface area contributed by atoms with Crippen LogP contribution in [0.25, 0.3) is 0 Å². The van der Waals surface area contributed by atoms with E-state index in [1.807, 2.05) is 0 Å². The SMILES string of the molecule is CCN(C[C@H]1COC(N)=N1)c1cccc(C(C)C)c1. The van der Waals surface area contributed by atoms with E-state index in [4.69, 9.17) is 10.5 Å². The van der Waals surface area contributed by atoms with Crippen molar-refractivity contribution >= 4 is 11.7 Å². The van der Waals surface area contributed by atoms with E-state index < -0.39 is 0 Å². The molecule has 1 atom stereocenters. The summed E-state index contributed by atoms with van der Waals surface area (Å²) in [6.45, 7) is 8.97. The Morgan fingerprint density at radius 2 is 2.26 bits per heavy atom. The second kappa shape index (κ2) is 5.95. The first kappa shape index (κ1) is 13.7. The van der Waals surface area contributed by atoms with E-state index in [1.54, 1.807) is 0 Å². The van der Waals surface area contributed by atoms with Crippen LogP contribution >= 0.6 is 0 Å². The van der Waals surface area contributed by atoms with Crippen molar-refractivity contribution in [1.82, 2.24) is 0 Å². The van der Waals surface area contributed by atoms with E-state index in [2.05, 4.69) is 54.9 Å². The molecule has 19 heavy (non-hydrogen) atoms. The maximum Gasteiger partial charge on any atom is 0.282 e. The van der Waals surface area contributed by atoms with Gasteiger partial charge in [-0.25, -0.2) is 4.99 Å². The summed E-state index contributed by atoms with van der Waals surface area (Å²) in [6, 6.07) is 9.17. The van der Waals surface area contributed by atoms with Gasteiger partial charge in [0.25, 0.3) is 6.02 Å². The number of nitrogens with zero attached hydrogens (tertiary/aromatic N) is 2. The molecule has 1 aliphatic heterocycles. The van der Waals surface area contributed by atoms with Crippen molar-refractivity contribution in [2.45, 2.75) is 32.7 Å². The standard InChI is InChI=1S/C15H23N3O/c1-4-18(9-13-10-19-15(16)17-13)14-7-5-6-12(8-14)11(2)3/h5-8,11,13H,4,9-10H2,1-3H3,(H2,16,17)/t13-/m0/s1. The monoisotopic (exact) mass is 261 g/mol. The lowest BCUT2D eigenvalue weighted by Crippen LogP contribution is -2.32. The van der Waals surface area contributed by atoms with Crippen LogP contribution in [0.4, 0.5) is 5.69 Å². The summed E-state index contributed by atoms with van der Waals surface area (Å²) >= 11 is 0. The summed E-state index contributed by atoms with van der Waals surface area (Å²) in [4.78, 5) is 6.61. The molecule has 0 unspecified atom stereocenters. The van der Waals surface area contributed by atoms with E-state index in [0.717, 1.165) is 13.1 Å². The van der Waals surface area contributed by atoms with Crippen molar-refractivity contribution in [2.24, 2.45) is 10.7 Å². The quantitative estimate of drug-likeness (QED) is 0.885. The summed E-state index contributed by atoms with van der Waals surface area (Å²) < 4.78 is 5.21. The summed E-state index contributed by atoms with van der Waals surface area (Å²) in [6.07, 6.45) is 0. The lowest BCUT2D eigenvalue weighted by atomic mass is 10.0. The smallest absolute Gasteiger partial charge is 0.282 e. The Labute approximate surface area is 115 Å². The van der Waals surface area contributed by atoms with Gasteiger partial charge in [0, 0.05) is 18.8 Å².